The third kappa shape index (κ3) is 9.60. The maximum atomic E-state index is 5.38. The Morgan fingerprint density at radius 2 is 0.923 bits per heavy atom. The second kappa shape index (κ2) is 18.3. The van der Waals surface area contributed by atoms with Gasteiger partial charge in [-0.2, -0.15) is 0 Å². The maximum Gasteiger partial charge on any atom is 2.00 e. The fourth-order valence-corrected chi connectivity index (χ4v) is 7.48. The molecule has 0 atom stereocenters. The van der Waals surface area contributed by atoms with Gasteiger partial charge in [-0.15, -0.1) is 27.6 Å². The molecule has 0 amide bonds. The predicted molar refractivity (Wildman–Crippen MR) is 222 cm³/mol. The Hall–Kier alpha value is -3.78. The van der Waals surface area contributed by atoms with Gasteiger partial charge in [-0.05, 0) is 103 Å². The molecule has 2 aliphatic rings. The number of rotatable bonds is 13. The third-order valence-corrected chi connectivity index (χ3v) is 10.6. The van der Waals surface area contributed by atoms with E-state index >= 15 is 0 Å². The number of benzene rings is 1. The molecule has 0 radical (unpaired) electrons. The van der Waals surface area contributed by atoms with Gasteiger partial charge in [0.05, 0.1) is 22.8 Å². The van der Waals surface area contributed by atoms with E-state index in [0.717, 1.165) is 100 Å². The number of fused-ring (bicyclic) bond motifs is 8. The fraction of sp³-hybridized carbons (Fsp3) is 0.391. The van der Waals surface area contributed by atoms with E-state index < -0.39 is 8.07 Å². The Morgan fingerprint density at radius 1 is 0.519 bits per heavy atom. The average Bonchev–Trinajstić information content (AvgIpc) is 3.95. The minimum atomic E-state index is -1.48. The molecule has 2 aliphatic heterocycles. The Balaban J connectivity index is 0.00000523. The minimum absolute atomic E-state index is 0. The zero-order valence-corrected chi connectivity index (χ0v) is 36.4. The third-order valence-electron chi connectivity index (χ3n) is 9.77. The van der Waals surface area contributed by atoms with Crippen molar-refractivity contribution < 1.29 is 19.5 Å². The summed E-state index contributed by atoms with van der Waals surface area (Å²) in [7, 11) is -1.48. The molecule has 8 bridgehead atoms. The summed E-state index contributed by atoms with van der Waals surface area (Å²) in [5, 5.41) is 0. The molecule has 0 unspecified atom stereocenters. The number of hydrogen-bond donors (Lipinski definition) is 0. The van der Waals surface area contributed by atoms with Crippen LogP contribution in [0.25, 0.3) is 57.5 Å². The van der Waals surface area contributed by atoms with E-state index in [0.29, 0.717) is 0 Å². The SMILES string of the molecule is CCCCCc1c2nc(c(CCCCC)c3ccc([n-]3)c(-c3ccc(C#C[Si](C)(C)C)cc3)c3nc(c(CCCCC)c4ccc1[n-]4)C=C3)C=C2.[Zn+2]. The summed E-state index contributed by atoms with van der Waals surface area (Å²) in [6.07, 6.45) is 22.1. The molecule has 3 aromatic heterocycles. The first-order valence-electron chi connectivity index (χ1n) is 19.4. The summed E-state index contributed by atoms with van der Waals surface area (Å²) in [4.78, 5) is 21.5. The van der Waals surface area contributed by atoms with E-state index in [1.54, 1.807) is 0 Å². The first-order chi connectivity index (χ1) is 24.8. The van der Waals surface area contributed by atoms with E-state index in [1.165, 1.54) is 55.2 Å². The molecule has 0 saturated carbocycles. The number of aryl methyl sites for hydroxylation is 3. The van der Waals surface area contributed by atoms with Gasteiger partial charge in [0.1, 0.15) is 8.07 Å². The van der Waals surface area contributed by atoms with Crippen LogP contribution in [0.2, 0.25) is 19.6 Å². The van der Waals surface area contributed by atoms with Crippen LogP contribution in [-0.4, -0.2) is 18.0 Å². The van der Waals surface area contributed by atoms with Crippen LogP contribution in [0.4, 0.5) is 0 Å². The van der Waals surface area contributed by atoms with Gasteiger partial charge in [0.25, 0.3) is 0 Å². The van der Waals surface area contributed by atoms with E-state index in [-0.39, 0.29) is 19.5 Å². The van der Waals surface area contributed by atoms with Crippen LogP contribution in [0.5, 0.6) is 0 Å². The van der Waals surface area contributed by atoms with Crippen LogP contribution in [0, 0.1) is 11.5 Å². The number of hydrogen-bond acceptors (Lipinski definition) is 2. The van der Waals surface area contributed by atoms with E-state index in [4.69, 9.17) is 19.9 Å². The summed E-state index contributed by atoms with van der Waals surface area (Å²) in [5.74, 6) is 3.42. The first-order valence-corrected chi connectivity index (χ1v) is 22.9. The number of aromatic nitrogens is 4. The van der Waals surface area contributed by atoms with E-state index in [2.05, 4.69) is 125 Å². The molecule has 264 valence electrons. The van der Waals surface area contributed by atoms with Gasteiger partial charge in [-0.25, -0.2) is 9.97 Å². The van der Waals surface area contributed by atoms with Crippen molar-refractivity contribution in [2.45, 2.75) is 117 Å². The van der Waals surface area contributed by atoms with Crippen molar-refractivity contribution in [2.75, 3.05) is 0 Å². The summed E-state index contributed by atoms with van der Waals surface area (Å²) < 4.78 is 0. The molecular weight excluding hydrogens is 702 g/mol. The van der Waals surface area contributed by atoms with Gasteiger partial charge in [0.2, 0.25) is 0 Å². The quantitative estimate of drug-likeness (QED) is 0.0669. The van der Waals surface area contributed by atoms with E-state index in [1.807, 2.05) is 0 Å². The fourth-order valence-electron chi connectivity index (χ4n) is 6.96. The molecule has 52 heavy (non-hydrogen) atoms. The monoisotopic (exact) mass is 754 g/mol. The van der Waals surface area contributed by atoms with Crippen LogP contribution < -0.4 is 9.97 Å². The van der Waals surface area contributed by atoms with Crippen molar-refractivity contribution in [1.82, 2.24) is 19.9 Å². The second-order valence-electron chi connectivity index (χ2n) is 15.1. The van der Waals surface area contributed by atoms with Gasteiger partial charge in [0, 0.05) is 5.56 Å². The Morgan fingerprint density at radius 3 is 1.37 bits per heavy atom. The summed E-state index contributed by atoms with van der Waals surface area (Å²) in [6, 6.07) is 17.5. The number of unbranched alkanes of at least 4 members (excludes halogenated alkanes) is 6. The van der Waals surface area contributed by atoms with Gasteiger partial charge >= 0.3 is 19.5 Å². The molecule has 6 heteroatoms. The van der Waals surface area contributed by atoms with Crippen molar-refractivity contribution >= 4 is 54.4 Å². The van der Waals surface area contributed by atoms with Crippen molar-refractivity contribution in [3.05, 3.63) is 93.6 Å². The smallest absolute Gasteiger partial charge is 0.657 e. The van der Waals surface area contributed by atoms with Crippen LogP contribution in [-0.2, 0) is 38.7 Å². The summed E-state index contributed by atoms with van der Waals surface area (Å²) in [5.41, 5.74) is 18.4. The van der Waals surface area contributed by atoms with Crippen LogP contribution in [0.15, 0.2) is 48.5 Å². The van der Waals surface area contributed by atoms with Crippen molar-refractivity contribution in [2.24, 2.45) is 0 Å². The molecule has 1 aromatic carbocycles. The zero-order valence-electron chi connectivity index (χ0n) is 32.4. The second-order valence-corrected chi connectivity index (χ2v) is 19.9. The predicted octanol–water partition coefficient (Wildman–Crippen LogP) is 12.0. The molecule has 0 fully saturated rings. The van der Waals surface area contributed by atoms with Crippen molar-refractivity contribution in [1.29, 1.82) is 0 Å². The summed E-state index contributed by atoms with van der Waals surface area (Å²) in [6.45, 7) is 13.6. The summed E-state index contributed by atoms with van der Waals surface area (Å²) >= 11 is 0. The maximum absolute atomic E-state index is 5.38. The molecule has 6 rings (SSSR count). The zero-order chi connectivity index (χ0) is 35.8. The first kappa shape index (κ1) is 39.4. The van der Waals surface area contributed by atoms with Crippen molar-refractivity contribution in [3.63, 3.8) is 0 Å². The molecule has 0 saturated heterocycles. The average molecular weight is 756 g/mol. The molecule has 5 heterocycles. The largest absolute Gasteiger partial charge is 2.00 e. The van der Waals surface area contributed by atoms with Gasteiger partial charge in [0.15, 0.2) is 0 Å². The minimum Gasteiger partial charge on any atom is -0.657 e. The molecule has 4 aromatic rings. The van der Waals surface area contributed by atoms with Crippen LogP contribution >= 0.6 is 0 Å². The van der Waals surface area contributed by atoms with Gasteiger partial charge in [-0.3, -0.25) is 0 Å². The topological polar surface area (TPSA) is 54.0 Å². The standard InChI is InChI=1S/C46H54N4Si.Zn/c1-7-10-13-16-35-38-23-25-40(47-38)36(17-14-11-8-2)42-27-29-44(49-42)46(34-21-19-33(20-22-34)31-32-51(4,5)6)45-30-28-43(50-45)37(18-15-12-9-3)41-26-24-39(35)48-41;/h19-30H,7-18H2,1-6H3;/q-2;+2. The molecule has 0 aliphatic carbocycles. The van der Waals surface area contributed by atoms with Gasteiger partial charge in [-0.1, -0.05) is 121 Å². The Kier molecular flexibility index (Phi) is 13.9. The van der Waals surface area contributed by atoms with E-state index in [9.17, 15) is 0 Å². The van der Waals surface area contributed by atoms with Crippen LogP contribution in [0.3, 0.4) is 0 Å². The Labute approximate surface area is 325 Å². The van der Waals surface area contributed by atoms with Crippen LogP contribution in [0.1, 0.15) is 124 Å². The molecule has 4 nitrogen and oxygen atoms in total. The molecule has 0 N–H and O–H groups in total. The number of nitrogens with zero attached hydrogens (tertiary/aromatic N) is 4. The molecule has 0 spiro atoms. The van der Waals surface area contributed by atoms with Gasteiger partial charge < -0.3 is 9.97 Å². The molecular formula is C46H54N4SiZn. The normalized spacial score (nSPS) is 12.1. The van der Waals surface area contributed by atoms with Crippen molar-refractivity contribution in [3.8, 4) is 22.6 Å². The Bertz CT molecular complexity index is 2120.